The van der Waals surface area contributed by atoms with Gasteiger partial charge in [-0.25, -0.2) is 4.98 Å². The van der Waals surface area contributed by atoms with Crippen LogP contribution in [0.4, 0.5) is 0 Å². The van der Waals surface area contributed by atoms with Crippen molar-refractivity contribution in [3.05, 3.63) is 34.7 Å². The molecule has 0 bridgehead atoms. The number of unbranched alkanes of at least 4 members (excludes halogenated alkanes) is 4. The molecule has 0 aromatic carbocycles. The molecular formula is C16H19BrN2O. The monoisotopic (exact) mass is 334 g/mol. The highest BCUT2D eigenvalue weighted by molar-refractivity contribution is 9.10. The van der Waals surface area contributed by atoms with Gasteiger partial charge >= 0.3 is 0 Å². The Bertz CT molecular complexity index is 598. The molecule has 3 nitrogen and oxygen atoms in total. The first-order valence-corrected chi connectivity index (χ1v) is 7.95. The van der Waals surface area contributed by atoms with Gasteiger partial charge in [-0.2, -0.15) is 0 Å². The van der Waals surface area contributed by atoms with E-state index in [9.17, 15) is 4.79 Å². The lowest BCUT2D eigenvalue weighted by atomic mass is 10.1. The summed E-state index contributed by atoms with van der Waals surface area (Å²) in [6, 6.07) is 3.70. The third-order valence-corrected chi connectivity index (χ3v) is 3.93. The first-order valence-electron chi connectivity index (χ1n) is 7.16. The Morgan fingerprint density at radius 3 is 2.75 bits per heavy atom. The molecule has 2 aromatic rings. The van der Waals surface area contributed by atoms with Gasteiger partial charge in [0.1, 0.15) is 5.69 Å². The standard InChI is InChI=1S/C16H19BrN2O/c1-2-3-4-5-6-7-15(20)14-9-8-12-10-18-11-13(17)16(12)19-14/h8-11H,2-7H2,1H3. The number of aromatic nitrogens is 2. The molecule has 0 unspecified atom stereocenters. The highest BCUT2D eigenvalue weighted by atomic mass is 79.9. The number of carbonyl (C=O) groups is 1. The summed E-state index contributed by atoms with van der Waals surface area (Å²) in [5.41, 5.74) is 1.36. The molecule has 0 spiro atoms. The van der Waals surface area contributed by atoms with E-state index in [4.69, 9.17) is 0 Å². The molecule has 0 radical (unpaired) electrons. The highest BCUT2D eigenvalue weighted by Crippen LogP contribution is 2.21. The van der Waals surface area contributed by atoms with Crippen molar-refractivity contribution < 1.29 is 4.79 Å². The number of ketones is 1. The molecule has 0 aliphatic rings. The summed E-state index contributed by atoms with van der Waals surface area (Å²) in [5.74, 6) is 0.132. The number of nitrogens with zero attached hydrogens (tertiary/aromatic N) is 2. The number of Topliss-reactive ketones (excluding diaryl/α,β-unsaturated/α-hetero) is 1. The van der Waals surface area contributed by atoms with Crippen molar-refractivity contribution in [3.8, 4) is 0 Å². The van der Waals surface area contributed by atoms with Gasteiger partial charge < -0.3 is 0 Å². The van der Waals surface area contributed by atoms with Crippen molar-refractivity contribution in [2.75, 3.05) is 0 Å². The summed E-state index contributed by atoms with van der Waals surface area (Å²) in [6.45, 7) is 2.19. The van der Waals surface area contributed by atoms with Crippen LogP contribution in [0.15, 0.2) is 29.0 Å². The molecule has 0 N–H and O–H groups in total. The molecule has 0 saturated carbocycles. The van der Waals surface area contributed by atoms with Gasteiger partial charge in [0.15, 0.2) is 5.78 Å². The predicted molar refractivity (Wildman–Crippen MR) is 84.9 cm³/mol. The van der Waals surface area contributed by atoms with Crippen molar-refractivity contribution in [1.82, 2.24) is 9.97 Å². The summed E-state index contributed by atoms with van der Waals surface area (Å²) in [5, 5.41) is 0.943. The van der Waals surface area contributed by atoms with Gasteiger partial charge in [0.25, 0.3) is 0 Å². The smallest absolute Gasteiger partial charge is 0.181 e. The van der Waals surface area contributed by atoms with Gasteiger partial charge in [-0.3, -0.25) is 9.78 Å². The molecule has 4 heteroatoms. The van der Waals surface area contributed by atoms with Gasteiger partial charge in [-0.05, 0) is 34.5 Å². The van der Waals surface area contributed by atoms with Crippen molar-refractivity contribution >= 4 is 32.6 Å². The van der Waals surface area contributed by atoms with Gasteiger partial charge in [-0.15, -0.1) is 0 Å². The Kier molecular flexibility index (Phi) is 5.65. The second-order valence-corrected chi connectivity index (χ2v) is 5.83. The molecule has 0 fully saturated rings. The summed E-state index contributed by atoms with van der Waals surface area (Å²) in [7, 11) is 0. The zero-order valence-corrected chi connectivity index (χ0v) is 13.3. The van der Waals surface area contributed by atoms with E-state index in [0.29, 0.717) is 12.1 Å². The van der Waals surface area contributed by atoms with Gasteiger partial charge in [0.05, 0.1) is 9.99 Å². The van der Waals surface area contributed by atoms with Crippen molar-refractivity contribution in [1.29, 1.82) is 0 Å². The fraction of sp³-hybridized carbons (Fsp3) is 0.438. The molecule has 0 saturated heterocycles. The van der Waals surface area contributed by atoms with Crippen LogP contribution in [-0.4, -0.2) is 15.8 Å². The number of pyridine rings is 2. The topological polar surface area (TPSA) is 42.9 Å². The molecule has 2 heterocycles. The van der Waals surface area contributed by atoms with Crippen LogP contribution < -0.4 is 0 Å². The van der Waals surface area contributed by atoms with Crippen molar-refractivity contribution in [2.45, 2.75) is 45.4 Å². The van der Waals surface area contributed by atoms with Crippen LogP contribution in [0, 0.1) is 0 Å². The first kappa shape index (κ1) is 15.1. The number of rotatable bonds is 7. The number of hydrogen-bond donors (Lipinski definition) is 0. The average molecular weight is 335 g/mol. The van der Waals surface area contributed by atoms with Gasteiger partial charge in [0.2, 0.25) is 0 Å². The van der Waals surface area contributed by atoms with Crippen LogP contribution in [0.2, 0.25) is 0 Å². The number of hydrogen-bond acceptors (Lipinski definition) is 3. The van der Waals surface area contributed by atoms with Crippen LogP contribution in [-0.2, 0) is 0 Å². The summed E-state index contributed by atoms with van der Waals surface area (Å²) in [4.78, 5) is 20.7. The molecule has 0 amide bonds. The largest absolute Gasteiger partial charge is 0.292 e. The summed E-state index contributed by atoms with van der Waals surface area (Å²) >= 11 is 3.42. The van der Waals surface area contributed by atoms with E-state index in [1.807, 2.05) is 6.07 Å². The van der Waals surface area contributed by atoms with E-state index in [1.54, 1.807) is 18.5 Å². The Balaban J connectivity index is 2.01. The van der Waals surface area contributed by atoms with Gasteiger partial charge in [0, 0.05) is 24.2 Å². The van der Waals surface area contributed by atoms with E-state index in [2.05, 4.69) is 32.8 Å². The maximum Gasteiger partial charge on any atom is 0.181 e. The van der Waals surface area contributed by atoms with Crippen LogP contribution in [0.3, 0.4) is 0 Å². The molecule has 0 aliphatic heterocycles. The Hall–Kier alpha value is -1.29. The number of halogens is 1. The molecule has 106 valence electrons. The molecule has 2 aromatic heterocycles. The lowest BCUT2D eigenvalue weighted by Crippen LogP contribution is -2.02. The predicted octanol–water partition coefficient (Wildman–Crippen LogP) is 4.94. The van der Waals surface area contributed by atoms with E-state index < -0.39 is 0 Å². The lowest BCUT2D eigenvalue weighted by molar-refractivity contribution is 0.0974. The number of fused-ring (bicyclic) bond motifs is 1. The third-order valence-electron chi connectivity index (χ3n) is 3.35. The SMILES string of the molecule is CCCCCCCC(=O)c1ccc2cncc(Br)c2n1. The van der Waals surface area contributed by atoms with Crippen LogP contribution >= 0.6 is 15.9 Å². The maximum absolute atomic E-state index is 12.1. The van der Waals surface area contributed by atoms with Crippen LogP contribution in [0.1, 0.15) is 55.9 Å². The minimum absolute atomic E-state index is 0.132. The summed E-state index contributed by atoms with van der Waals surface area (Å²) < 4.78 is 0.826. The third kappa shape index (κ3) is 3.85. The minimum atomic E-state index is 0.132. The fourth-order valence-corrected chi connectivity index (χ4v) is 2.62. The Morgan fingerprint density at radius 1 is 1.15 bits per heavy atom. The minimum Gasteiger partial charge on any atom is -0.292 e. The first-order chi connectivity index (χ1) is 9.72. The zero-order chi connectivity index (χ0) is 14.4. The summed E-state index contributed by atoms with van der Waals surface area (Å²) in [6.07, 6.45) is 9.82. The van der Waals surface area contributed by atoms with Crippen LogP contribution in [0.5, 0.6) is 0 Å². The quantitative estimate of drug-likeness (QED) is 0.532. The zero-order valence-electron chi connectivity index (χ0n) is 11.7. The van der Waals surface area contributed by atoms with Crippen LogP contribution in [0.25, 0.3) is 10.9 Å². The highest BCUT2D eigenvalue weighted by Gasteiger charge is 2.09. The normalized spacial score (nSPS) is 10.9. The molecule has 0 atom stereocenters. The van der Waals surface area contributed by atoms with Crippen molar-refractivity contribution in [2.24, 2.45) is 0 Å². The fourth-order valence-electron chi connectivity index (χ4n) is 2.18. The van der Waals surface area contributed by atoms with E-state index in [0.717, 1.165) is 28.2 Å². The molecule has 2 rings (SSSR count). The molecule has 0 aliphatic carbocycles. The second-order valence-electron chi connectivity index (χ2n) is 4.98. The van der Waals surface area contributed by atoms with E-state index in [-0.39, 0.29) is 5.78 Å². The lowest BCUT2D eigenvalue weighted by Gasteiger charge is -2.04. The Labute approximate surface area is 128 Å². The molecular weight excluding hydrogens is 316 g/mol. The average Bonchev–Trinajstić information content (AvgIpc) is 2.47. The van der Waals surface area contributed by atoms with E-state index in [1.165, 1.54) is 19.3 Å². The number of carbonyl (C=O) groups excluding carboxylic acids is 1. The maximum atomic E-state index is 12.1. The molecule has 20 heavy (non-hydrogen) atoms. The van der Waals surface area contributed by atoms with E-state index >= 15 is 0 Å². The Morgan fingerprint density at radius 2 is 1.95 bits per heavy atom. The second kappa shape index (κ2) is 7.48. The van der Waals surface area contributed by atoms with Gasteiger partial charge in [-0.1, -0.05) is 32.6 Å². The van der Waals surface area contributed by atoms with Crippen molar-refractivity contribution in [3.63, 3.8) is 0 Å².